The van der Waals surface area contributed by atoms with Gasteiger partial charge in [-0.2, -0.15) is 0 Å². The van der Waals surface area contributed by atoms with E-state index in [2.05, 4.69) is 0 Å². The van der Waals surface area contributed by atoms with E-state index in [0.29, 0.717) is 6.61 Å². The SMILES string of the molecule is CC(O)COC(C)CO.O=CO. The third kappa shape index (κ3) is 16.2. The van der Waals surface area contributed by atoms with Crippen LogP contribution in [0.3, 0.4) is 0 Å². The number of hydrogen-bond acceptors (Lipinski definition) is 4. The summed E-state index contributed by atoms with van der Waals surface area (Å²) in [7, 11) is 0. The first-order valence-electron chi connectivity index (χ1n) is 3.56. The molecule has 0 aromatic heterocycles. The molecule has 0 aliphatic heterocycles. The molecule has 0 spiro atoms. The summed E-state index contributed by atoms with van der Waals surface area (Å²) in [6.45, 7) is 3.45. The number of carboxylic acid groups (broad SMARTS) is 1. The Morgan fingerprint density at radius 3 is 2.17 bits per heavy atom. The molecule has 0 saturated heterocycles. The molecular weight excluding hydrogens is 164 g/mol. The van der Waals surface area contributed by atoms with Crippen LogP contribution in [0.2, 0.25) is 0 Å². The molecule has 0 radical (unpaired) electrons. The summed E-state index contributed by atoms with van der Waals surface area (Å²) < 4.78 is 4.95. The van der Waals surface area contributed by atoms with Crippen LogP contribution in [0.15, 0.2) is 0 Å². The fraction of sp³-hybridized carbons (Fsp3) is 0.857. The summed E-state index contributed by atoms with van der Waals surface area (Å²) in [6, 6.07) is 0. The highest BCUT2D eigenvalue weighted by atomic mass is 16.5. The maximum absolute atomic E-state index is 8.69. The molecule has 0 aliphatic rings. The number of carbonyl (C=O) groups is 1. The molecule has 0 aromatic carbocycles. The molecule has 12 heavy (non-hydrogen) atoms. The maximum Gasteiger partial charge on any atom is 0.290 e. The molecule has 0 aromatic rings. The number of rotatable bonds is 4. The summed E-state index contributed by atoms with van der Waals surface area (Å²) in [5.41, 5.74) is 0. The van der Waals surface area contributed by atoms with E-state index in [0.717, 1.165) is 0 Å². The van der Waals surface area contributed by atoms with E-state index in [1.54, 1.807) is 13.8 Å². The fourth-order valence-electron chi connectivity index (χ4n) is 0.356. The van der Waals surface area contributed by atoms with Gasteiger partial charge in [-0.1, -0.05) is 0 Å². The van der Waals surface area contributed by atoms with Gasteiger partial charge in [0.15, 0.2) is 0 Å². The van der Waals surface area contributed by atoms with Gasteiger partial charge in [0.2, 0.25) is 0 Å². The van der Waals surface area contributed by atoms with Crippen LogP contribution in [-0.2, 0) is 9.53 Å². The van der Waals surface area contributed by atoms with E-state index in [-0.39, 0.29) is 19.2 Å². The van der Waals surface area contributed by atoms with Gasteiger partial charge in [0.1, 0.15) is 0 Å². The first kappa shape index (κ1) is 13.9. The number of aliphatic hydroxyl groups is 2. The van der Waals surface area contributed by atoms with E-state index in [1.165, 1.54) is 0 Å². The normalized spacial score (nSPS) is 14.0. The summed E-state index contributed by atoms with van der Waals surface area (Å²) in [4.78, 5) is 8.36. The van der Waals surface area contributed by atoms with Crippen molar-refractivity contribution in [2.24, 2.45) is 0 Å². The van der Waals surface area contributed by atoms with E-state index in [9.17, 15) is 0 Å². The van der Waals surface area contributed by atoms with Gasteiger partial charge in [0.05, 0.1) is 25.4 Å². The summed E-state index contributed by atoms with van der Waals surface area (Å²) in [5.74, 6) is 0. The first-order chi connectivity index (χ1) is 5.58. The van der Waals surface area contributed by atoms with Crippen molar-refractivity contribution in [3.63, 3.8) is 0 Å². The molecule has 5 heteroatoms. The Hall–Kier alpha value is -0.650. The number of ether oxygens (including phenoxy) is 1. The van der Waals surface area contributed by atoms with Gasteiger partial charge in [-0.05, 0) is 13.8 Å². The zero-order chi connectivity index (χ0) is 9.98. The van der Waals surface area contributed by atoms with Crippen LogP contribution in [0.5, 0.6) is 0 Å². The predicted octanol–water partition coefficient (Wildman–Crippen LogP) is -0.535. The van der Waals surface area contributed by atoms with Crippen LogP contribution in [0.4, 0.5) is 0 Å². The van der Waals surface area contributed by atoms with Crippen molar-refractivity contribution < 1.29 is 24.9 Å². The highest BCUT2D eigenvalue weighted by molar-refractivity contribution is 5.32. The lowest BCUT2D eigenvalue weighted by atomic mass is 10.4. The second kappa shape index (κ2) is 10.3. The molecule has 0 aliphatic carbocycles. The number of aliphatic hydroxyl groups excluding tert-OH is 2. The van der Waals surface area contributed by atoms with E-state index in [4.69, 9.17) is 24.9 Å². The van der Waals surface area contributed by atoms with Crippen LogP contribution in [0.1, 0.15) is 13.8 Å². The maximum atomic E-state index is 8.69. The molecule has 2 atom stereocenters. The average Bonchev–Trinajstić information content (AvgIpc) is 2.01. The van der Waals surface area contributed by atoms with Gasteiger partial charge in [-0.15, -0.1) is 0 Å². The lowest BCUT2D eigenvalue weighted by Crippen LogP contribution is -2.19. The van der Waals surface area contributed by atoms with Gasteiger partial charge in [0.25, 0.3) is 6.47 Å². The summed E-state index contributed by atoms with van der Waals surface area (Å²) in [5, 5.41) is 24.0. The van der Waals surface area contributed by atoms with Crippen molar-refractivity contribution in [1.29, 1.82) is 0 Å². The lowest BCUT2D eigenvalue weighted by molar-refractivity contribution is -0.122. The molecule has 0 heterocycles. The quantitative estimate of drug-likeness (QED) is 0.506. The average molecular weight is 180 g/mol. The minimum absolute atomic E-state index is 0.00667. The second-order valence-electron chi connectivity index (χ2n) is 2.28. The minimum atomic E-state index is -0.445. The third-order valence-electron chi connectivity index (χ3n) is 0.879. The Labute approximate surface area is 71.6 Å². The molecule has 2 unspecified atom stereocenters. The molecule has 3 N–H and O–H groups in total. The van der Waals surface area contributed by atoms with E-state index in [1.807, 2.05) is 0 Å². The molecular formula is C7H16O5. The van der Waals surface area contributed by atoms with Crippen LogP contribution in [0.25, 0.3) is 0 Å². The standard InChI is InChI=1S/C6H14O3.CH2O2/c1-5(8)4-9-6(2)3-7;2-1-3/h5-8H,3-4H2,1-2H3;1H,(H,2,3). The topological polar surface area (TPSA) is 87.0 Å². The van der Waals surface area contributed by atoms with Gasteiger partial charge in [0, 0.05) is 0 Å². The second-order valence-corrected chi connectivity index (χ2v) is 2.28. The van der Waals surface area contributed by atoms with Crippen LogP contribution >= 0.6 is 0 Å². The predicted molar refractivity (Wildman–Crippen MR) is 42.9 cm³/mol. The first-order valence-corrected chi connectivity index (χ1v) is 3.56. The van der Waals surface area contributed by atoms with Gasteiger partial charge < -0.3 is 20.1 Å². The molecule has 0 bridgehead atoms. The van der Waals surface area contributed by atoms with Crippen molar-refractivity contribution in [2.75, 3.05) is 13.2 Å². The monoisotopic (exact) mass is 180 g/mol. The van der Waals surface area contributed by atoms with Crippen molar-refractivity contribution in [2.45, 2.75) is 26.1 Å². The van der Waals surface area contributed by atoms with Crippen LogP contribution < -0.4 is 0 Å². The third-order valence-corrected chi connectivity index (χ3v) is 0.879. The Morgan fingerprint density at radius 2 is 1.92 bits per heavy atom. The van der Waals surface area contributed by atoms with Crippen molar-refractivity contribution in [1.82, 2.24) is 0 Å². The van der Waals surface area contributed by atoms with Crippen molar-refractivity contribution in [3.05, 3.63) is 0 Å². The molecule has 0 fully saturated rings. The van der Waals surface area contributed by atoms with E-state index >= 15 is 0 Å². The smallest absolute Gasteiger partial charge is 0.290 e. The summed E-state index contributed by atoms with van der Waals surface area (Å²) >= 11 is 0. The van der Waals surface area contributed by atoms with Crippen LogP contribution in [0, 0.1) is 0 Å². The van der Waals surface area contributed by atoms with Crippen molar-refractivity contribution in [3.8, 4) is 0 Å². The Bertz CT molecular complexity index is 93.8. The molecule has 74 valence electrons. The highest BCUT2D eigenvalue weighted by Gasteiger charge is 2.00. The Balaban J connectivity index is 0. The zero-order valence-corrected chi connectivity index (χ0v) is 7.30. The Morgan fingerprint density at radius 1 is 1.50 bits per heavy atom. The van der Waals surface area contributed by atoms with Crippen molar-refractivity contribution >= 4 is 6.47 Å². The molecule has 5 nitrogen and oxygen atoms in total. The number of hydrogen-bond donors (Lipinski definition) is 3. The Kier molecular flexibility index (Phi) is 12.0. The summed E-state index contributed by atoms with van der Waals surface area (Å²) in [6.07, 6.45) is -0.612. The minimum Gasteiger partial charge on any atom is -0.483 e. The fourth-order valence-corrected chi connectivity index (χ4v) is 0.356. The van der Waals surface area contributed by atoms with Gasteiger partial charge in [-0.25, -0.2) is 0 Å². The largest absolute Gasteiger partial charge is 0.483 e. The van der Waals surface area contributed by atoms with E-state index < -0.39 is 6.10 Å². The van der Waals surface area contributed by atoms with Crippen LogP contribution in [-0.4, -0.2) is 47.2 Å². The molecule has 0 saturated carbocycles. The highest BCUT2D eigenvalue weighted by Crippen LogP contribution is 1.90. The lowest BCUT2D eigenvalue weighted by Gasteiger charge is -2.10. The molecule has 0 amide bonds. The zero-order valence-electron chi connectivity index (χ0n) is 7.30. The van der Waals surface area contributed by atoms with Gasteiger partial charge in [-0.3, -0.25) is 4.79 Å². The molecule has 0 rings (SSSR count). The van der Waals surface area contributed by atoms with Gasteiger partial charge >= 0.3 is 0 Å².